The molecule has 0 aliphatic rings. The summed E-state index contributed by atoms with van der Waals surface area (Å²) in [4.78, 5) is 26.5. The summed E-state index contributed by atoms with van der Waals surface area (Å²) in [6, 6.07) is 14.1. The number of nitrogens with one attached hydrogen (secondary N) is 1. The van der Waals surface area contributed by atoms with E-state index < -0.39 is 11.8 Å². The molecule has 0 saturated carbocycles. The van der Waals surface area contributed by atoms with Crippen molar-refractivity contribution in [2.24, 2.45) is 0 Å². The van der Waals surface area contributed by atoms with Crippen LogP contribution >= 0.6 is 0 Å². The van der Waals surface area contributed by atoms with Gasteiger partial charge in [-0.2, -0.15) is 0 Å². The lowest BCUT2D eigenvalue weighted by atomic mass is 10.1. The SMILES string of the molecule is O=C(OCc1cc2ccccc2[nH]c1=O)c1ccc(F)cc1. The molecule has 1 aromatic heterocycles. The predicted molar refractivity (Wildman–Crippen MR) is 80.1 cm³/mol. The number of hydrogen-bond donors (Lipinski definition) is 1. The third-order valence-corrected chi connectivity index (χ3v) is 3.27. The van der Waals surface area contributed by atoms with Gasteiger partial charge in [-0.1, -0.05) is 18.2 Å². The molecule has 0 atom stereocenters. The van der Waals surface area contributed by atoms with E-state index in [1.54, 1.807) is 12.1 Å². The van der Waals surface area contributed by atoms with Gasteiger partial charge in [-0.15, -0.1) is 0 Å². The van der Waals surface area contributed by atoms with Crippen LogP contribution in [0.5, 0.6) is 0 Å². The Hall–Kier alpha value is -2.95. The number of pyridine rings is 1. The minimum absolute atomic E-state index is 0.142. The number of hydrogen-bond acceptors (Lipinski definition) is 3. The first kappa shape index (κ1) is 14.0. The topological polar surface area (TPSA) is 59.2 Å². The van der Waals surface area contributed by atoms with E-state index in [0.29, 0.717) is 5.56 Å². The maximum absolute atomic E-state index is 12.8. The van der Waals surface area contributed by atoms with Crippen molar-refractivity contribution in [2.45, 2.75) is 6.61 Å². The Morgan fingerprint density at radius 3 is 2.59 bits per heavy atom. The number of H-pyrrole nitrogens is 1. The van der Waals surface area contributed by atoms with Gasteiger partial charge in [-0.3, -0.25) is 4.79 Å². The number of rotatable bonds is 3. The Kier molecular flexibility index (Phi) is 3.70. The molecule has 3 aromatic rings. The lowest BCUT2D eigenvalue weighted by Gasteiger charge is -2.06. The minimum Gasteiger partial charge on any atom is -0.457 e. The van der Waals surface area contributed by atoms with Gasteiger partial charge in [0.25, 0.3) is 5.56 Å². The van der Waals surface area contributed by atoms with Crippen molar-refractivity contribution in [3.05, 3.63) is 81.9 Å². The molecule has 0 saturated heterocycles. The highest BCUT2D eigenvalue weighted by atomic mass is 19.1. The van der Waals surface area contributed by atoms with Gasteiger partial charge in [-0.05, 0) is 41.8 Å². The maximum Gasteiger partial charge on any atom is 0.338 e. The van der Waals surface area contributed by atoms with Gasteiger partial charge >= 0.3 is 5.97 Å². The van der Waals surface area contributed by atoms with E-state index in [0.717, 1.165) is 10.9 Å². The number of aromatic nitrogens is 1. The quantitative estimate of drug-likeness (QED) is 0.756. The molecule has 3 rings (SSSR count). The molecule has 0 unspecified atom stereocenters. The second-order valence-corrected chi connectivity index (χ2v) is 4.79. The molecular weight excluding hydrogens is 285 g/mol. The molecule has 2 aromatic carbocycles. The van der Waals surface area contributed by atoms with Gasteiger partial charge in [0, 0.05) is 5.52 Å². The lowest BCUT2D eigenvalue weighted by Crippen LogP contribution is -2.15. The van der Waals surface area contributed by atoms with Crippen LogP contribution in [0, 0.1) is 5.82 Å². The molecule has 0 spiro atoms. The van der Waals surface area contributed by atoms with E-state index in [-0.39, 0.29) is 17.7 Å². The molecule has 5 heteroatoms. The highest BCUT2D eigenvalue weighted by Crippen LogP contribution is 2.11. The molecule has 1 heterocycles. The summed E-state index contributed by atoms with van der Waals surface area (Å²) >= 11 is 0. The average molecular weight is 297 g/mol. The van der Waals surface area contributed by atoms with E-state index in [1.165, 1.54) is 24.3 Å². The zero-order chi connectivity index (χ0) is 15.5. The molecule has 110 valence electrons. The van der Waals surface area contributed by atoms with Crippen LogP contribution in [-0.2, 0) is 11.3 Å². The van der Waals surface area contributed by atoms with E-state index >= 15 is 0 Å². The first-order valence-electron chi connectivity index (χ1n) is 6.67. The largest absolute Gasteiger partial charge is 0.457 e. The lowest BCUT2D eigenvalue weighted by molar-refractivity contribution is 0.0471. The number of halogens is 1. The summed E-state index contributed by atoms with van der Waals surface area (Å²) in [7, 11) is 0. The van der Waals surface area contributed by atoms with Crippen molar-refractivity contribution >= 4 is 16.9 Å². The maximum atomic E-state index is 12.8. The van der Waals surface area contributed by atoms with E-state index in [4.69, 9.17) is 4.74 Å². The monoisotopic (exact) mass is 297 g/mol. The van der Waals surface area contributed by atoms with Crippen molar-refractivity contribution in [3.8, 4) is 0 Å². The second kappa shape index (κ2) is 5.81. The summed E-state index contributed by atoms with van der Waals surface area (Å²) in [6.45, 7) is -0.142. The number of ether oxygens (including phenoxy) is 1. The first-order chi connectivity index (χ1) is 10.6. The number of carbonyl (C=O) groups excluding carboxylic acids is 1. The normalized spacial score (nSPS) is 10.6. The van der Waals surface area contributed by atoms with Gasteiger partial charge in [-0.25, -0.2) is 9.18 Å². The molecular formula is C17H12FNO3. The smallest absolute Gasteiger partial charge is 0.338 e. The van der Waals surface area contributed by atoms with Crippen LogP contribution in [0.15, 0.2) is 59.4 Å². The van der Waals surface area contributed by atoms with Crippen molar-refractivity contribution in [3.63, 3.8) is 0 Å². The Labute approximate surface area is 125 Å². The first-order valence-corrected chi connectivity index (χ1v) is 6.67. The van der Waals surface area contributed by atoms with Crippen LogP contribution in [0.25, 0.3) is 10.9 Å². The van der Waals surface area contributed by atoms with Gasteiger partial charge in [0.15, 0.2) is 0 Å². The fourth-order valence-electron chi connectivity index (χ4n) is 2.11. The second-order valence-electron chi connectivity index (χ2n) is 4.79. The molecule has 0 radical (unpaired) electrons. The predicted octanol–water partition coefficient (Wildman–Crippen LogP) is 3.02. The fourth-order valence-corrected chi connectivity index (χ4v) is 2.11. The Morgan fingerprint density at radius 2 is 1.82 bits per heavy atom. The van der Waals surface area contributed by atoms with Crippen molar-refractivity contribution in [1.29, 1.82) is 0 Å². The van der Waals surface area contributed by atoms with Crippen molar-refractivity contribution in [2.75, 3.05) is 0 Å². The third-order valence-electron chi connectivity index (χ3n) is 3.27. The van der Waals surface area contributed by atoms with Gasteiger partial charge in [0.1, 0.15) is 12.4 Å². The molecule has 0 fully saturated rings. The summed E-state index contributed by atoms with van der Waals surface area (Å²) < 4.78 is 17.9. The molecule has 4 nitrogen and oxygen atoms in total. The zero-order valence-corrected chi connectivity index (χ0v) is 11.5. The molecule has 0 amide bonds. The molecule has 0 aliphatic heterocycles. The van der Waals surface area contributed by atoms with Crippen molar-refractivity contribution in [1.82, 2.24) is 4.98 Å². The van der Waals surface area contributed by atoms with Crippen molar-refractivity contribution < 1.29 is 13.9 Å². The number of esters is 1. The summed E-state index contributed by atoms with van der Waals surface area (Å²) in [5.74, 6) is -1.03. The Bertz CT molecular complexity index is 884. The van der Waals surface area contributed by atoms with Crippen LogP contribution in [0.4, 0.5) is 4.39 Å². The number of aromatic amines is 1. The van der Waals surface area contributed by atoms with E-state index in [9.17, 15) is 14.0 Å². The van der Waals surface area contributed by atoms with Crippen LogP contribution in [0.1, 0.15) is 15.9 Å². The number of benzene rings is 2. The van der Waals surface area contributed by atoms with Crippen LogP contribution in [-0.4, -0.2) is 11.0 Å². The van der Waals surface area contributed by atoms with Crippen LogP contribution in [0.3, 0.4) is 0 Å². The molecule has 1 N–H and O–H groups in total. The van der Waals surface area contributed by atoms with Gasteiger partial charge in [0.2, 0.25) is 0 Å². The van der Waals surface area contributed by atoms with Gasteiger partial charge < -0.3 is 9.72 Å². The molecule has 0 bridgehead atoms. The Morgan fingerprint density at radius 1 is 1.09 bits per heavy atom. The Balaban J connectivity index is 1.78. The standard InChI is InChI=1S/C17H12FNO3/c18-14-7-5-11(6-8-14)17(21)22-10-13-9-12-3-1-2-4-15(12)19-16(13)20/h1-9H,10H2,(H,19,20). The number of fused-ring (bicyclic) bond motifs is 1. The summed E-state index contributed by atoms with van der Waals surface area (Å²) in [6.07, 6.45) is 0. The average Bonchev–Trinajstić information content (AvgIpc) is 2.53. The summed E-state index contributed by atoms with van der Waals surface area (Å²) in [5, 5.41) is 0.856. The zero-order valence-electron chi connectivity index (χ0n) is 11.5. The number of carbonyl (C=O) groups is 1. The highest BCUT2D eigenvalue weighted by Gasteiger charge is 2.09. The van der Waals surface area contributed by atoms with E-state index in [2.05, 4.69) is 4.98 Å². The van der Waals surface area contributed by atoms with Gasteiger partial charge in [0.05, 0.1) is 11.1 Å². The fraction of sp³-hybridized carbons (Fsp3) is 0.0588. The van der Waals surface area contributed by atoms with Crippen LogP contribution in [0.2, 0.25) is 0 Å². The molecule has 22 heavy (non-hydrogen) atoms. The molecule has 0 aliphatic carbocycles. The summed E-state index contributed by atoms with van der Waals surface area (Å²) in [5.41, 5.74) is 1.01. The number of para-hydroxylation sites is 1. The highest BCUT2D eigenvalue weighted by molar-refractivity contribution is 5.89. The minimum atomic E-state index is -0.604. The third kappa shape index (κ3) is 2.88. The van der Waals surface area contributed by atoms with Crippen LogP contribution < -0.4 is 5.56 Å². The van der Waals surface area contributed by atoms with E-state index in [1.807, 2.05) is 18.2 Å².